The van der Waals surface area contributed by atoms with Gasteiger partial charge in [-0.1, -0.05) is 23.7 Å². The van der Waals surface area contributed by atoms with Crippen LogP contribution in [-0.2, 0) is 6.42 Å². The quantitative estimate of drug-likeness (QED) is 0.899. The summed E-state index contributed by atoms with van der Waals surface area (Å²) in [4.78, 5) is 0. The maximum Gasteiger partial charge on any atom is 0.122 e. The van der Waals surface area contributed by atoms with Gasteiger partial charge in [0.2, 0.25) is 0 Å². The third-order valence-corrected chi connectivity index (χ3v) is 3.09. The van der Waals surface area contributed by atoms with Crippen molar-refractivity contribution in [3.63, 3.8) is 0 Å². The Labute approximate surface area is 113 Å². The summed E-state index contributed by atoms with van der Waals surface area (Å²) in [5.41, 5.74) is 3.43. The van der Waals surface area contributed by atoms with Crippen LogP contribution >= 0.6 is 11.6 Å². The number of anilines is 1. The molecule has 1 N–H and O–H groups in total. The summed E-state index contributed by atoms with van der Waals surface area (Å²) in [5, 5.41) is 3.87. The van der Waals surface area contributed by atoms with Crippen molar-refractivity contribution < 1.29 is 4.74 Å². The van der Waals surface area contributed by atoms with E-state index >= 15 is 0 Å². The highest BCUT2D eigenvalue weighted by Gasteiger charge is 2.05. The van der Waals surface area contributed by atoms with Gasteiger partial charge in [0.05, 0.1) is 7.11 Å². The zero-order valence-electron chi connectivity index (χ0n) is 10.5. The van der Waals surface area contributed by atoms with Crippen LogP contribution in [0.1, 0.15) is 11.1 Å². The lowest BCUT2D eigenvalue weighted by Crippen LogP contribution is -1.95. The van der Waals surface area contributed by atoms with Crippen LogP contribution in [0.4, 0.5) is 5.69 Å². The molecule has 2 aromatic carbocycles. The second kappa shape index (κ2) is 5.78. The molecule has 0 bridgehead atoms. The van der Waals surface area contributed by atoms with E-state index in [1.54, 1.807) is 7.11 Å². The molecule has 2 rings (SSSR count). The first kappa shape index (κ1) is 12.8. The lowest BCUT2D eigenvalue weighted by Gasteiger charge is -2.10. The Morgan fingerprint density at radius 2 is 2.00 bits per heavy atom. The first-order valence-electron chi connectivity index (χ1n) is 5.82. The maximum absolute atomic E-state index is 6.03. The summed E-state index contributed by atoms with van der Waals surface area (Å²) in [5.74, 6) is 0.870. The first-order chi connectivity index (χ1) is 8.72. The molecular weight excluding hydrogens is 246 g/mol. The van der Waals surface area contributed by atoms with Gasteiger partial charge < -0.3 is 10.1 Å². The minimum atomic E-state index is 0.732. The van der Waals surface area contributed by atoms with Crippen LogP contribution in [0.2, 0.25) is 5.02 Å². The monoisotopic (exact) mass is 261 g/mol. The summed E-state index contributed by atoms with van der Waals surface area (Å²) in [6.45, 7) is 0. The minimum absolute atomic E-state index is 0.732. The standard InChI is InChI=1S/C15H16ClNO/c1-17-14-5-3-4-11(9-14)8-12-10-13(16)6-7-15(12)18-2/h3-7,9-10,17H,8H2,1-2H3. The molecule has 0 unspecified atom stereocenters. The van der Waals surface area contributed by atoms with Gasteiger partial charge in [0.15, 0.2) is 0 Å². The molecule has 0 spiro atoms. The molecule has 0 saturated carbocycles. The fourth-order valence-corrected chi connectivity index (χ4v) is 2.14. The van der Waals surface area contributed by atoms with Crippen LogP contribution in [-0.4, -0.2) is 14.2 Å². The smallest absolute Gasteiger partial charge is 0.122 e. The van der Waals surface area contributed by atoms with Gasteiger partial charge in [-0.15, -0.1) is 0 Å². The first-order valence-corrected chi connectivity index (χ1v) is 6.20. The van der Waals surface area contributed by atoms with Gasteiger partial charge in [-0.2, -0.15) is 0 Å². The largest absolute Gasteiger partial charge is 0.496 e. The van der Waals surface area contributed by atoms with Gasteiger partial charge in [0.1, 0.15) is 5.75 Å². The number of halogens is 1. The number of rotatable bonds is 4. The van der Waals surface area contributed by atoms with E-state index in [1.165, 1.54) is 5.56 Å². The van der Waals surface area contributed by atoms with E-state index < -0.39 is 0 Å². The van der Waals surface area contributed by atoms with Gasteiger partial charge in [-0.25, -0.2) is 0 Å². The predicted molar refractivity (Wildman–Crippen MR) is 76.8 cm³/mol. The summed E-state index contributed by atoms with van der Waals surface area (Å²) < 4.78 is 5.35. The normalized spacial score (nSPS) is 10.2. The molecule has 0 saturated heterocycles. The number of hydrogen-bond donors (Lipinski definition) is 1. The Morgan fingerprint density at radius 1 is 1.17 bits per heavy atom. The molecule has 0 heterocycles. The minimum Gasteiger partial charge on any atom is -0.496 e. The van der Waals surface area contributed by atoms with Crippen LogP contribution < -0.4 is 10.1 Å². The van der Waals surface area contributed by atoms with E-state index in [1.807, 2.05) is 37.4 Å². The number of hydrogen-bond acceptors (Lipinski definition) is 2. The van der Waals surface area contributed by atoms with Crippen LogP contribution in [0.25, 0.3) is 0 Å². The summed E-state index contributed by atoms with van der Waals surface area (Å²) in [7, 11) is 3.59. The molecule has 0 aliphatic carbocycles. The van der Waals surface area contributed by atoms with Crippen molar-refractivity contribution in [3.8, 4) is 5.75 Å². The molecule has 0 fully saturated rings. The van der Waals surface area contributed by atoms with E-state index in [2.05, 4.69) is 17.4 Å². The highest BCUT2D eigenvalue weighted by Crippen LogP contribution is 2.25. The fraction of sp³-hybridized carbons (Fsp3) is 0.200. The molecule has 0 aliphatic rings. The van der Waals surface area contributed by atoms with Crippen molar-refractivity contribution in [1.82, 2.24) is 0 Å². The fourth-order valence-electron chi connectivity index (χ4n) is 1.94. The summed E-state index contributed by atoms with van der Waals surface area (Å²) in [6.07, 6.45) is 0.805. The maximum atomic E-state index is 6.03. The molecule has 3 heteroatoms. The van der Waals surface area contributed by atoms with Crippen molar-refractivity contribution in [3.05, 3.63) is 58.6 Å². The van der Waals surface area contributed by atoms with E-state index in [0.717, 1.165) is 28.4 Å². The molecular formula is C15H16ClNO. The van der Waals surface area contributed by atoms with Crippen LogP contribution in [0.5, 0.6) is 5.75 Å². The summed E-state index contributed by atoms with van der Waals surface area (Å²) >= 11 is 6.03. The number of methoxy groups -OCH3 is 1. The van der Waals surface area contributed by atoms with E-state index in [0.29, 0.717) is 0 Å². The molecule has 0 aromatic heterocycles. The highest BCUT2D eigenvalue weighted by atomic mass is 35.5. The van der Waals surface area contributed by atoms with Crippen molar-refractivity contribution in [2.75, 3.05) is 19.5 Å². The Morgan fingerprint density at radius 3 is 2.72 bits per heavy atom. The average Bonchev–Trinajstić information content (AvgIpc) is 2.39. The number of ether oxygens (including phenoxy) is 1. The molecule has 2 aromatic rings. The van der Waals surface area contributed by atoms with Gasteiger partial charge >= 0.3 is 0 Å². The third-order valence-electron chi connectivity index (χ3n) is 2.85. The molecule has 2 nitrogen and oxygen atoms in total. The van der Waals surface area contributed by atoms with Crippen LogP contribution in [0, 0.1) is 0 Å². The van der Waals surface area contributed by atoms with E-state index in [4.69, 9.17) is 16.3 Å². The van der Waals surface area contributed by atoms with E-state index in [-0.39, 0.29) is 0 Å². The average molecular weight is 262 g/mol. The molecule has 94 valence electrons. The zero-order chi connectivity index (χ0) is 13.0. The zero-order valence-corrected chi connectivity index (χ0v) is 11.3. The topological polar surface area (TPSA) is 21.3 Å². The van der Waals surface area contributed by atoms with Gasteiger partial charge in [-0.3, -0.25) is 0 Å². The van der Waals surface area contributed by atoms with Gasteiger partial charge in [0.25, 0.3) is 0 Å². The SMILES string of the molecule is CNc1cccc(Cc2cc(Cl)ccc2OC)c1. The number of benzene rings is 2. The third kappa shape index (κ3) is 2.96. The van der Waals surface area contributed by atoms with Crippen molar-refractivity contribution >= 4 is 17.3 Å². The van der Waals surface area contributed by atoms with Crippen molar-refractivity contribution in [1.29, 1.82) is 0 Å². The van der Waals surface area contributed by atoms with Gasteiger partial charge in [0, 0.05) is 24.2 Å². The Balaban J connectivity index is 2.29. The van der Waals surface area contributed by atoms with Crippen molar-refractivity contribution in [2.24, 2.45) is 0 Å². The number of nitrogens with one attached hydrogen (secondary N) is 1. The molecule has 0 atom stereocenters. The van der Waals surface area contributed by atoms with E-state index in [9.17, 15) is 0 Å². The lowest BCUT2D eigenvalue weighted by molar-refractivity contribution is 0.410. The molecule has 0 amide bonds. The Kier molecular flexibility index (Phi) is 4.11. The molecule has 0 aliphatic heterocycles. The highest BCUT2D eigenvalue weighted by molar-refractivity contribution is 6.30. The second-order valence-electron chi connectivity index (χ2n) is 4.08. The van der Waals surface area contributed by atoms with Crippen LogP contribution in [0.15, 0.2) is 42.5 Å². The summed E-state index contributed by atoms with van der Waals surface area (Å²) in [6, 6.07) is 14.0. The predicted octanol–water partition coefficient (Wildman–Crippen LogP) is 3.98. The molecule has 18 heavy (non-hydrogen) atoms. The lowest BCUT2D eigenvalue weighted by atomic mass is 10.0. The second-order valence-corrected chi connectivity index (χ2v) is 4.52. The Bertz CT molecular complexity index is 540. The molecule has 0 radical (unpaired) electrons. The Hall–Kier alpha value is -1.67. The van der Waals surface area contributed by atoms with Crippen LogP contribution in [0.3, 0.4) is 0 Å². The van der Waals surface area contributed by atoms with Crippen molar-refractivity contribution in [2.45, 2.75) is 6.42 Å². The van der Waals surface area contributed by atoms with Gasteiger partial charge in [-0.05, 0) is 41.5 Å².